The van der Waals surface area contributed by atoms with Crippen molar-refractivity contribution < 1.29 is 22.8 Å². The maximum absolute atomic E-state index is 13.2. The number of rotatable bonds is 4. The van der Waals surface area contributed by atoms with Crippen LogP contribution in [0.3, 0.4) is 0 Å². The summed E-state index contributed by atoms with van der Waals surface area (Å²) < 4.78 is 39.5. The lowest BCUT2D eigenvalue weighted by Crippen LogP contribution is -2.53. The van der Waals surface area contributed by atoms with Crippen molar-refractivity contribution in [1.29, 1.82) is 0 Å². The Morgan fingerprint density at radius 2 is 1.71 bits per heavy atom. The molecule has 0 heterocycles. The van der Waals surface area contributed by atoms with E-state index in [9.17, 15) is 22.8 Å². The Bertz CT molecular complexity index is 593. The second kappa shape index (κ2) is 7.23. The third-order valence-corrected chi connectivity index (χ3v) is 3.66. The number of hydrogen-bond donors (Lipinski definition) is 1. The molecule has 24 heavy (non-hydrogen) atoms. The van der Waals surface area contributed by atoms with Crippen molar-refractivity contribution in [2.45, 2.75) is 39.9 Å². The average molecular weight is 344 g/mol. The highest BCUT2D eigenvalue weighted by Crippen LogP contribution is 2.33. The molecule has 0 aliphatic carbocycles. The van der Waals surface area contributed by atoms with E-state index in [-0.39, 0.29) is 17.0 Å². The Balaban J connectivity index is 3.06. The second-order valence-electron chi connectivity index (χ2n) is 6.71. The van der Waals surface area contributed by atoms with Crippen molar-refractivity contribution in [1.82, 2.24) is 10.2 Å². The number of halogens is 3. The van der Waals surface area contributed by atoms with Gasteiger partial charge in [-0.15, -0.1) is 0 Å². The van der Waals surface area contributed by atoms with Gasteiger partial charge in [0.2, 0.25) is 0 Å². The molecule has 1 N–H and O–H groups in total. The molecule has 0 saturated carbocycles. The number of nitrogens with zero attached hydrogens (tertiary/aromatic N) is 1. The van der Waals surface area contributed by atoms with Gasteiger partial charge in [0.05, 0.1) is 0 Å². The van der Waals surface area contributed by atoms with Crippen LogP contribution in [0.15, 0.2) is 24.3 Å². The Morgan fingerprint density at radius 1 is 1.17 bits per heavy atom. The lowest BCUT2D eigenvalue weighted by molar-refractivity contribution is -0.174. The van der Waals surface area contributed by atoms with Crippen molar-refractivity contribution in [2.75, 3.05) is 13.6 Å². The van der Waals surface area contributed by atoms with Crippen molar-refractivity contribution in [2.24, 2.45) is 5.41 Å². The predicted octanol–water partition coefficient (Wildman–Crippen LogP) is 3.49. The van der Waals surface area contributed by atoms with Crippen molar-refractivity contribution >= 4 is 11.8 Å². The van der Waals surface area contributed by atoms with Crippen LogP contribution in [0.1, 0.15) is 48.4 Å². The molecule has 0 radical (unpaired) electrons. The van der Waals surface area contributed by atoms with Gasteiger partial charge in [-0.1, -0.05) is 26.8 Å². The number of nitrogens with one attached hydrogen (secondary N) is 1. The molecule has 0 aromatic heterocycles. The smallest absolute Gasteiger partial charge is 0.342 e. The molecule has 0 unspecified atom stereocenters. The second-order valence-corrected chi connectivity index (χ2v) is 6.71. The molecule has 0 fully saturated rings. The highest BCUT2D eigenvalue weighted by Gasteiger charge is 2.47. The topological polar surface area (TPSA) is 49.4 Å². The van der Waals surface area contributed by atoms with Crippen LogP contribution < -0.4 is 5.32 Å². The van der Waals surface area contributed by atoms with E-state index in [0.29, 0.717) is 6.54 Å². The van der Waals surface area contributed by atoms with Gasteiger partial charge in [0.15, 0.2) is 0 Å². The normalized spacial score (nSPS) is 13.3. The molecule has 7 heteroatoms. The molecule has 0 bridgehead atoms. The summed E-state index contributed by atoms with van der Waals surface area (Å²) >= 11 is 0. The Morgan fingerprint density at radius 3 is 2.17 bits per heavy atom. The number of alkyl halides is 3. The third kappa shape index (κ3) is 4.97. The first-order valence-electron chi connectivity index (χ1n) is 7.61. The summed E-state index contributed by atoms with van der Waals surface area (Å²) in [5, 5.41) is 2.03. The van der Waals surface area contributed by atoms with Gasteiger partial charge in [-0.3, -0.25) is 9.59 Å². The van der Waals surface area contributed by atoms with Crippen LogP contribution in [0.5, 0.6) is 0 Å². The molecule has 0 saturated heterocycles. The maximum atomic E-state index is 13.2. The van der Waals surface area contributed by atoms with Gasteiger partial charge >= 0.3 is 6.18 Å². The van der Waals surface area contributed by atoms with Gasteiger partial charge in [-0.2, -0.15) is 13.2 Å². The number of benzene rings is 1. The summed E-state index contributed by atoms with van der Waals surface area (Å²) in [6.07, 6.45) is -4.57. The molecule has 1 aromatic carbocycles. The Kier molecular flexibility index (Phi) is 6.03. The minimum absolute atomic E-state index is 0.0175. The summed E-state index contributed by atoms with van der Waals surface area (Å²) in [6, 6.07) is 3.70. The van der Waals surface area contributed by atoms with E-state index >= 15 is 0 Å². The van der Waals surface area contributed by atoms with Crippen LogP contribution >= 0.6 is 0 Å². The zero-order valence-corrected chi connectivity index (χ0v) is 14.5. The van der Waals surface area contributed by atoms with Crippen molar-refractivity contribution in [3.63, 3.8) is 0 Å². The van der Waals surface area contributed by atoms with Gasteiger partial charge in [0, 0.05) is 24.7 Å². The van der Waals surface area contributed by atoms with Crippen LogP contribution in [0.2, 0.25) is 0 Å². The molecule has 2 amide bonds. The molecule has 0 spiro atoms. The van der Waals surface area contributed by atoms with Crippen LogP contribution in [0.4, 0.5) is 13.2 Å². The minimum atomic E-state index is -4.57. The van der Waals surface area contributed by atoms with Gasteiger partial charge in [0.1, 0.15) is 6.04 Å². The summed E-state index contributed by atoms with van der Waals surface area (Å²) in [5.74, 6) is -1.16. The highest BCUT2D eigenvalue weighted by atomic mass is 19.4. The van der Waals surface area contributed by atoms with E-state index in [1.165, 1.54) is 49.9 Å². The first-order chi connectivity index (χ1) is 10.9. The lowest BCUT2D eigenvalue weighted by atomic mass is 9.86. The molecule has 134 valence electrons. The number of carbonyl (C=O) groups excluding carboxylic acids is 2. The van der Waals surface area contributed by atoms with Crippen molar-refractivity contribution in [3.05, 3.63) is 35.4 Å². The Labute approximate surface area is 140 Å². The van der Waals surface area contributed by atoms with Gasteiger partial charge in [-0.05, 0) is 30.5 Å². The number of hydrogen-bond acceptors (Lipinski definition) is 2. The van der Waals surface area contributed by atoms with Gasteiger partial charge in [0.25, 0.3) is 11.8 Å². The number of amides is 2. The van der Waals surface area contributed by atoms with E-state index in [0.717, 1.165) is 0 Å². The summed E-state index contributed by atoms with van der Waals surface area (Å²) in [7, 11) is 1.61. The van der Waals surface area contributed by atoms with E-state index < -0.39 is 23.5 Å². The fourth-order valence-corrected chi connectivity index (χ4v) is 2.16. The molecule has 1 rings (SSSR count). The molecular formula is C17H23F3N2O2. The maximum Gasteiger partial charge on any atom is 0.409 e. The highest BCUT2D eigenvalue weighted by molar-refractivity contribution is 5.99. The predicted molar refractivity (Wildman–Crippen MR) is 85.8 cm³/mol. The minimum Gasteiger partial charge on any atom is -0.342 e. The van der Waals surface area contributed by atoms with E-state index in [4.69, 9.17) is 0 Å². The summed E-state index contributed by atoms with van der Waals surface area (Å²) in [6.45, 7) is 6.49. The zero-order valence-electron chi connectivity index (χ0n) is 14.5. The standard InChI is InChI=1S/C17H23F3N2O2/c1-6-22(5)14(24)12-9-7-8-11(10-12)13(23)21-15(16(2,3)4)17(18,19)20/h7-10,15H,6H2,1-5H3,(H,21,23)/t15-/m1/s1. The largest absolute Gasteiger partial charge is 0.409 e. The van der Waals surface area contributed by atoms with Gasteiger partial charge in [-0.25, -0.2) is 0 Å². The van der Waals surface area contributed by atoms with Crippen LogP contribution in [0.25, 0.3) is 0 Å². The monoisotopic (exact) mass is 344 g/mol. The van der Waals surface area contributed by atoms with E-state index in [2.05, 4.69) is 0 Å². The van der Waals surface area contributed by atoms with E-state index in [1.807, 2.05) is 5.32 Å². The molecule has 0 aliphatic heterocycles. The zero-order chi connectivity index (χ0) is 18.7. The average Bonchev–Trinajstić information content (AvgIpc) is 2.48. The molecular weight excluding hydrogens is 321 g/mol. The third-order valence-electron chi connectivity index (χ3n) is 3.66. The fraction of sp³-hybridized carbons (Fsp3) is 0.529. The first kappa shape index (κ1) is 20.0. The summed E-state index contributed by atoms with van der Waals surface area (Å²) in [4.78, 5) is 25.8. The molecule has 1 atom stereocenters. The van der Waals surface area contributed by atoms with Crippen LogP contribution in [-0.4, -0.2) is 42.5 Å². The first-order valence-corrected chi connectivity index (χ1v) is 7.61. The SMILES string of the molecule is CCN(C)C(=O)c1cccc(C(=O)N[C@H](C(C)(C)C)C(F)(F)F)c1. The molecule has 1 aromatic rings. The van der Waals surface area contributed by atoms with Gasteiger partial charge < -0.3 is 10.2 Å². The Hall–Kier alpha value is -2.05. The van der Waals surface area contributed by atoms with E-state index in [1.54, 1.807) is 14.0 Å². The quantitative estimate of drug-likeness (QED) is 0.909. The molecule has 0 aliphatic rings. The van der Waals surface area contributed by atoms with Crippen LogP contribution in [0, 0.1) is 5.41 Å². The summed E-state index contributed by atoms with van der Waals surface area (Å²) in [5.41, 5.74) is -0.917. The lowest BCUT2D eigenvalue weighted by Gasteiger charge is -2.33. The fourth-order valence-electron chi connectivity index (χ4n) is 2.16. The van der Waals surface area contributed by atoms with Crippen molar-refractivity contribution in [3.8, 4) is 0 Å². The van der Waals surface area contributed by atoms with Crippen LogP contribution in [-0.2, 0) is 0 Å². The molecule has 4 nitrogen and oxygen atoms in total. The number of carbonyl (C=O) groups is 2.